The first-order chi connectivity index (χ1) is 8.28. The van der Waals surface area contributed by atoms with Crippen LogP contribution in [0.5, 0.6) is 0 Å². The molecule has 8 nitrogen and oxygen atoms in total. The largest absolute Gasteiger partial charge is 0.383 e. The van der Waals surface area contributed by atoms with Gasteiger partial charge >= 0.3 is 5.69 Å². The first-order valence-corrected chi connectivity index (χ1v) is 7.13. The average Bonchev–Trinajstić information content (AvgIpc) is 2.31. The number of hydrogen-bond acceptors (Lipinski definition) is 6. The maximum atomic E-state index is 11.5. The van der Waals surface area contributed by atoms with Gasteiger partial charge in [0.05, 0.1) is 5.75 Å². The van der Waals surface area contributed by atoms with Gasteiger partial charge in [0.15, 0.2) is 9.84 Å². The van der Waals surface area contributed by atoms with Crippen molar-refractivity contribution < 1.29 is 8.42 Å². The molecule has 0 spiro atoms. The summed E-state index contributed by atoms with van der Waals surface area (Å²) < 4.78 is 23.6. The predicted octanol–water partition coefficient (Wildman–Crippen LogP) is -1.50. The van der Waals surface area contributed by atoms with E-state index in [4.69, 9.17) is 5.73 Å². The summed E-state index contributed by atoms with van der Waals surface area (Å²) in [5, 5.41) is 2.63. The molecule has 1 aromatic rings. The standard InChI is InChI=1S/C9H16N4O4S/c1-3-18(16,17)5-4-11-6-7(10)13(2)9(15)12-8(6)14/h11H,3-5,10H2,1-2H3,(H,12,14,15). The Morgan fingerprint density at radius 1 is 1.39 bits per heavy atom. The summed E-state index contributed by atoms with van der Waals surface area (Å²) >= 11 is 0. The lowest BCUT2D eigenvalue weighted by Gasteiger charge is -2.10. The van der Waals surface area contributed by atoms with Crippen molar-refractivity contribution in [2.45, 2.75) is 6.92 Å². The zero-order valence-electron chi connectivity index (χ0n) is 10.2. The second-order valence-electron chi connectivity index (χ2n) is 3.74. The number of sulfone groups is 1. The number of aromatic nitrogens is 2. The van der Waals surface area contributed by atoms with Gasteiger partial charge in [0.1, 0.15) is 11.5 Å². The van der Waals surface area contributed by atoms with Gasteiger partial charge in [0, 0.05) is 19.3 Å². The molecule has 0 saturated carbocycles. The Labute approximate surface area is 104 Å². The highest BCUT2D eigenvalue weighted by molar-refractivity contribution is 7.91. The van der Waals surface area contributed by atoms with Crippen LogP contribution in [-0.2, 0) is 16.9 Å². The molecule has 0 aliphatic carbocycles. The maximum Gasteiger partial charge on any atom is 0.329 e. The second-order valence-corrected chi connectivity index (χ2v) is 6.21. The lowest BCUT2D eigenvalue weighted by molar-refractivity contribution is 0.597. The highest BCUT2D eigenvalue weighted by atomic mass is 32.2. The van der Waals surface area contributed by atoms with E-state index >= 15 is 0 Å². The van der Waals surface area contributed by atoms with Crippen molar-refractivity contribution in [3.8, 4) is 0 Å². The summed E-state index contributed by atoms with van der Waals surface area (Å²) in [4.78, 5) is 24.7. The number of H-pyrrole nitrogens is 1. The summed E-state index contributed by atoms with van der Waals surface area (Å²) in [6.45, 7) is 1.60. The van der Waals surface area contributed by atoms with Crippen LogP contribution < -0.4 is 22.3 Å². The SMILES string of the molecule is CCS(=O)(=O)CCNc1c(N)n(C)c(=O)[nH]c1=O. The van der Waals surface area contributed by atoms with Gasteiger partial charge in [0.25, 0.3) is 5.56 Å². The Hall–Kier alpha value is -1.77. The molecule has 102 valence electrons. The Morgan fingerprint density at radius 3 is 2.56 bits per heavy atom. The van der Waals surface area contributed by atoms with Crippen LogP contribution in [0.1, 0.15) is 6.92 Å². The molecule has 0 aliphatic rings. The first kappa shape index (κ1) is 14.3. The van der Waals surface area contributed by atoms with Gasteiger partial charge < -0.3 is 11.1 Å². The van der Waals surface area contributed by atoms with Crippen molar-refractivity contribution in [3.05, 3.63) is 20.8 Å². The van der Waals surface area contributed by atoms with E-state index in [0.717, 1.165) is 4.57 Å². The van der Waals surface area contributed by atoms with E-state index < -0.39 is 21.1 Å². The van der Waals surface area contributed by atoms with Gasteiger partial charge in [-0.2, -0.15) is 0 Å². The number of nitrogen functional groups attached to an aromatic ring is 1. The van der Waals surface area contributed by atoms with E-state index in [9.17, 15) is 18.0 Å². The van der Waals surface area contributed by atoms with E-state index in [2.05, 4.69) is 10.3 Å². The molecule has 0 unspecified atom stereocenters. The number of nitrogens with two attached hydrogens (primary N) is 1. The van der Waals surface area contributed by atoms with Crippen molar-refractivity contribution in [3.63, 3.8) is 0 Å². The Kier molecular flexibility index (Phi) is 4.17. The molecule has 1 aromatic heterocycles. The predicted molar refractivity (Wildman–Crippen MR) is 69.5 cm³/mol. The summed E-state index contributed by atoms with van der Waals surface area (Å²) in [6, 6.07) is 0. The smallest absolute Gasteiger partial charge is 0.329 e. The van der Waals surface area contributed by atoms with E-state index in [0.29, 0.717) is 0 Å². The molecule has 0 fully saturated rings. The van der Waals surface area contributed by atoms with E-state index in [1.165, 1.54) is 7.05 Å². The topological polar surface area (TPSA) is 127 Å². The first-order valence-electron chi connectivity index (χ1n) is 5.31. The summed E-state index contributed by atoms with van der Waals surface area (Å²) in [5.41, 5.74) is 4.32. The van der Waals surface area contributed by atoms with E-state index in [-0.39, 0.29) is 29.6 Å². The molecule has 1 heterocycles. The average molecular weight is 276 g/mol. The van der Waals surface area contributed by atoms with Crippen LogP contribution in [0.2, 0.25) is 0 Å². The third-order valence-electron chi connectivity index (χ3n) is 2.52. The third kappa shape index (κ3) is 3.13. The fourth-order valence-electron chi connectivity index (χ4n) is 1.28. The van der Waals surface area contributed by atoms with E-state index in [1.54, 1.807) is 6.92 Å². The van der Waals surface area contributed by atoms with Gasteiger partial charge in [-0.3, -0.25) is 14.3 Å². The van der Waals surface area contributed by atoms with Crippen molar-refractivity contribution in [1.29, 1.82) is 0 Å². The molecule has 0 atom stereocenters. The van der Waals surface area contributed by atoms with Crippen LogP contribution in [0.3, 0.4) is 0 Å². The molecule has 0 aliphatic heterocycles. The van der Waals surface area contributed by atoms with Crippen LogP contribution in [0.4, 0.5) is 11.5 Å². The lowest BCUT2D eigenvalue weighted by Crippen LogP contribution is -2.33. The molecule has 0 radical (unpaired) electrons. The van der Waals surface area contributed by atoms with Crippen molar-refractivity contribution in [2.24, 2.45) is 7.05 Å². The van der Waals surface area contributed by atoms with Crippen LogP contribution >= 0.6 is 0 Å². The molecule has 9 heteroatoms. The molecule has 0 saturated heterocycles. The number of anilines is 2. The summed E-state index contributed by atoms with van der Waals surface area (Å²) in [6.07, 6.45) is 0. The van der Waals surface area contributed by atoms with Gasteiger partial charge in [-0.05, 0) is 0 Å². The fourth-order valence-corrected chi connectivity index (χ4v) is 1.99. The molecule has 0 bridgehead atoms. The van der Waals surface area contributed by atoms with Crippen LogP contribution in [0.25, 0.3) is 0 Å². The number of hydrogen-bond donors (Lipinski definition) is 3. The molecule has 18 heavy (non-hydrogen) atoms. The molecular weight excluding hydrogens is 260 g/mol. The zero-order valence-corrected chi connectivity index (χ0v) is 11.0. The minimum absolute atomic E-state index is 0.00315. The van der Waals surface area contributed by atoms with Crippen LogP contribution in [-0.4, -0.2) is 36.0 Å². The molecule has 0 aromatic carbocycles. The van der Waals surface area contributed by atoms with Crippen LogP contribution in [0, 0.1) is 0 Å². The van der Waals surface area contributed by atoms with Gasteiger partial charge in [0.2, 0.25) is 0 Å². The maximum absolute atomic E-state index is 11.5. The lowest BCUT2D eigenvalue weighted by atomic mass is 10.4. The quantitative estimate of drug-likeness (QED) is 0.601. The molecule has 1 rings (SSSR count). The normalized spacial score (nSPS) is 11.4. The number of aromatic amines is 1. The summed E-state index contributed by atoms with van der Waals surface area (Å²) in [5.74, 6) is -0.100. The van der Waals surface area contributed by atoms with Gasteiger partial charge in [-0.25, -0.2) is 13.2 Å². The number of nitrogens with zero attached hydrogens (tertiary/aromatic N) is 1. The number of rotatable bonds is 5. The Balaban J connectivity index is 2.91. The number of nitrogens with one attached hydrogen (secondary N) is 2. The van der Waals surface area contributed by atoms with Crippen molar-refractivity contribution >= 4 is 21.3 Å². The van der Waals surface area contributed by atoms with Crippen LogP contribution in [0.15, 0.2) is 9.59 Å². The summed E-state index contributed by atoms with van der Waals surface area (Å²) in [7, 11) is -1.71. The van der Waals surface area contributed by atoms with Gasteiger partial charge in [-0.15, -0.1) is 0 Å². The minimum atomic E-state index is -3.12. The van der Waals surface area contributed by atoms with Crippen molar-refractivity contribution in [2.75, 3.05) is 29.1 Å². The Morgan fingerprint density at radius 2 is 2.00 bits per heavy atom. The molecule has 0 amide bonds. The second kappa shape index (κ2) is 5.25. The highest BCUT2D eigenvalue weighted by Gasteiger charge is 2.11. The highest BCUT2D eigenvalue weighted by Crippen LogP contribution is 2.07. The van der Waals surface area contributed by atoms with Crippen molar-refractivity contribution in [1.82, 2.24) is 9.55 Å². The van der Waals surface area contributed by atoms with Gasteiger partial charge in [-0.1, -0.05) is 6.92 Å². The third-order valence-corrected chi connectivity index (χ3v) is 4.23. The zero-order chi connectivity index (χ0) is 13.9. The Bertz CT molecular complexity index is 644. The minimum Gasteiger partial charge on any atom is -0.383 e. The van der Waals surface area contributed by atoms with E-state index in [1.807, 2.05) is 0 Å². The fraction of sp³-hybridized carbons (Fsp3) is 0.556. The monoisotopic (exact) mass is 276 g/mol. The molecule has 4 N–H and O–H groups in total. The molecular formula is C9H16N4O4S.